The van der Waals surface area contributed by atoms with Crippen LogP contribution in [0, 0.1) is 13.8 Å². The summed E-state index contributed by atoms with van der Waals surface area (Å²) < 4.78 is 5.03. The van der Waals surface area contributed by atoms with Crippen LogP contribution in [0.15, 0.2) is 16.0 Å². The van der Waals surface area contributed by atoms with E-state index in [1.807, 2.05) is 20.8 Å². The Labute approximate surface area is 139 Å². The molecule has 8 heteroatoms. The molecule has 0 radical (unpaired) electrons. The number of hydrogen-bond acceptors (Lipinski definition) is 7. The maximum absolute atomic E-state index is 12.3. The van der Waals surface area contributed by atoms with Crippen LogP contribution in [0.3, 0.4) is 0 Å². The molecule has 1 aliphatic heterocycles. The second kappa shape index (κ2) is 6.67. The van der Waals surface area contributed by atoms with E-state index in [1.165, 1.54) is 0 Å². The van der Waals surface area contributed by atoms with Gasteiger partial charge in [-0.2, -0.15) is 0 Å². The minimum atomic E-state index is -0.208. The van der Waals surface area contributed by atoms with Crippen molar-refractivity contribution >= 4 is 28.3 Å². The highest BCUT2D eigenvalue weighted by atomic mass is 32.1. The van der Waals surface area contributed by atoms with Gasteiger partial charge in [0, 0.05) is 37.6 Å². The zero-order chi connectivity index (χ0) is 16.4. The fourth-order valence-electron chi connectivity index (χ4n) is 2.60. The van der Waals surface area contributed by atoms with E-state index in [-0.39, 0.29) is 11.9 Å². The molecule has 23 heavy (non-hydrogen) atoms. The average molecular weight is 335 g/mol. The zero-order valence-corrected chi connectivity index (χ0v) is 14.4. The Balaban J connectivity index is 1.53. The van der Waals surface area contributed by atoms with Crippen LogP contribution in [0.2, 0.25) is 0 Å². The van der Waals surface area contributed by atoms with Gasteiger partial charge in [0.05, 0.1) is 17.4 Å². The highest BCUT2D eigenvalue weighted by Gasteiger charge is 2.27. The number of rotatable bonds is 4. The van der Waals surface area contributed by atoms with Crippen LogP contribution in [0.1, 0.15) is 18.3 Å². The van der Waals surface area contributed by atoms with Crippen molar-refractivity contribution in [3.63, 3.8) is 0 Å². The van der Waals surface area contributed by atoms with Crippen molar-refractivity contribution in [1.82, 2.24) is 15.0 Å². The number of piperazine rings is 1. The number of carbonyl (C=O) groups is 1. The molecule has 2 aromatic heterocycles. The average Bonchev–Trinajstić information content (AvgIpc) is 3.15. The summed E-state index contributed by atoms with van der Waals surface area (Å²) >= 11 is 1.67. The molecule has 3 heterocycles. The summed E-state index contributed by atoms with van der Waals surface area (Å²) in [6, 6.07) is 1.51. The second-order valence-electron chi connectivity index (χ2n) is 5.79. The summed E-state index contributed by atoms with van der Waals surface area (Å²) in [4.78, 5) is 21.3. The molecule has 2 aromatic rings. The first-order valence-electron chi connectivity index (χ1n) is 7.68. The Morgan fingerprint density at radius 3 is 2.61 bits per heavy atom. The number of aromatic nitrogens is 2. The van der Waals surface area contributed by atoms with E-state index in [0.717, 1.165) is 42.7 Å². The van der Waals surface area contributed by atoms with Crippen molar-refractivity contribution in [2.75, 3.05) is 36.4 Å². The van der Waals surface area contributed by atoms with Crippen molar-refractivity contribution in [1.29, 1.82) is 0 Å². The molecule has 0 aliphatic carbocycles. The predicted octanol–water partition coefficient (Wildman–Crippen LogP) is 1.90. The number of carbonyl (C=O) groups excluding carboxylic acids is 1. The highest BCUT2D eigenvalue weighted by Crippen LogP contribution is 2.22. The Morgan fingerprint density at radius 2 is 2.04 bits per heavy atom. The van der Waals surface area contributed by atoms with Crippen LogP contribution in [0.4, 0.5) is 11.0 Å². The molecule has 0 bridgehead atoms. The third-order valence-corrected chi connectivity index (χ3v) is 5.01. The molecular formula is C15H21N5O2S. The molecule has 0 saturated carbocycles. The molecule has 1 saturated heterocycles. The number of anilines is 2. The normalized spacial score (nSPS) is 17.3. The van der Waals surface area contributed by atoms with Gasteiger partial charge < -0.3 is 9.42 Å². The van der Waals surface area contributed by atoms with E-state index in [1.54, 1.807) is 17.4 Å². The van der Waals surface area contributed by atoms with Gasteiger partial charge in [-0.15, -0.1) is 11.3 Å². The summed E-state index contributed by atoms with van der Waals surface area (Å²) in [5, 5.41) is 9.68. The van der Waals surface area contributed by atoms with E-state index >= 15 is 0 Å². The lowest BCUT2D eigenvalue weighted by molar-refractivity contribution is -0.121. The Morgan fingerprint density at radius 1 is 1.30 bits per heavy atom. The topological polar surface area (TPSA) is 74.5 Å². The number of aryl methyl sites for hydroxylation is 2. The molecule has 7 nitrogen and oxygen atoms in total. The SMILES string of the molecule is Cc1cc(NC(=O)[C@@H](C)N2CCN(c3nc(C)cs3)CC2)on1. The number of thiazole rings is 1. The number of nitrogens with one attached hydrogen (secondary N) is 1. The van der Waals surface area contributed by atoms with Gasteiger partial charge in [0.25, 0.3) is 0 Å². The zero-order valence-electron chi connectivity index (χ0n) is 13.6. The molecule has 124 valence electrons. The van der Waals surface area contributed by atoms with Crippen LogP contribution in [-0.4, -0.2) is 53.2 Å². The van der Waals surface area contributed by atoms with Gasteiger partial charge in [-0.05, 0) is 20.8 Å². The summed E-state index contributed by atoms with van der Waals surface area (Å²) in [5.74, 6) is 0.330. The van der Waals surface area contributed by atoms with Crippen LogP contribution in [0.25, 0.3) is 0 Å². The summed E-state index contributed by atoms with van der Waals surface area (Å²) in [7, 11) is 0. The van der Waals surface area contributed by atoms with E-state index in [9.17, 15) is 4.79 Å². The molecule has 3 rings (SSSR count). The molecule has 0 spiro atoms. The number of amides is 1. The molecular weight excluding hydrogens is 314 g/mol. The van der Waals surface area contributed by atoms with E-state index < -0.39 is 0 Å². The van der Waals surface area contributed by atoms with Crippen molar-refractivity contribution in [3.8, 4) is 0 Å². The summed E-state index contributed by atoms with van der Waals surface area (Å²) in [6.45, 7) is 9.18. The fourth-order valence-corrected chi connectivity index (χ4v) is 3.46. The molecule has 1 atom stereocenters. The maximum Gasteiger partial charge on any atom is 0.243 e. The minimum absolute atomic E-state index is 0.0697. The number of nitrogens with zero attached hydrogens (tertiary/aromatic N) is 4. The Bertz CT molecular complexity index is 675. The molecule has 1 aliphatic rings. The van der Waals surface area contributed by atoms with Gasteiger partial charge in [0.1, 0.15) is 0 Å². The Hall–Kier alpha value is -1.93. The van der Waals surface area contributed by atoms with Crippen LogP contribution in [-0.2, 0) is 4.79 Å². The quantitative estimate of drug-likeness (QED) is 0.920. The predicted molar refractivity (Wildman–Crippen MR) is 90.0 cm³/mol. The van der Waals surface area contributed by atoms with Crippen LogP contribution < -0.4 is 10.2 Å². The van der Waals surface area contributed by atoms with Gasteiger partial charge in [-0.1, -0.05) is 5.16 Å². The lowest BCUT2D eigenvalue weighted by Crippen LogP contribution is -2.52. The second-order valence-corrected chi connectivity index (χ2v) is 6.63. The van der Waals surface area contributed by atoms with Gasteiger partial charge in [0.2, 0.25) is 11.8 Å². The lowest BCUT2D eigenvalue weighted by atomic mass is 10.2. The van der Waals surface area contributed by atoms with Crippen LogP contribution in [0.5, 0.6) is 0 Å². The Kier molecular flexibility index (Phi) is 4.63. The first-order chi connectivity index (χ1) is 11.0. The van der Waals surface area contributed by atoms with Crippen molar-refractivity contribution in [2.24, 2.45) is 0 Å². The molecule has 0 unspecified atom stereocenters. The smallest absolute Gasteiger partial charge is 0.243 e. The van der Waals surface area contributed by atoms with Gasteiger partial charge in [-0.25, -0.2) is 4.98 Å². The van der Waals surface area contributed by atoms with Gasteiger partial charge in [-0.3, -0.25) is 15.0 Å². The summed E-state index contributed by atoms with van der Waals surface area (Å²) in [5.41, 5.74) is 1.81. The monoisotopic (exact) mass is 335 g/mol. The largest absolute Gasteiger partial charge is 0.346 e. The van der Waals surface area contributed by atoms with Crippen molar-refractivity contribution in [3.05, 3.63) is 22.8 Å². The van der Waals surface area contributed by atoms with Crippen molar-refractivity contribution in [2.45, 2.75) is 26.8 Å². The first-order valence-corrected chi connectivity index (χ1v) is 8.56. The molecule has 0 aromatic carbocycles. The minimum Gasteiger partial charge on any atom is -0.346 e. The standard InChI is InChI=1S/C15H21N5O2S/c1-10-8-13(22-18-10)17-14(21)12(3)19-4-6-20(7-5-19)15-16-11(2)9-23-15/h8-9,12H,4-7H2,1-3H3,(H,17,21)/t12-/m1/s1. The third kappa shape index (κ3) is 3.70. The molecule has 1 amide bonds. The highest BCUT2D eigenvalue weighted by molar-refractivity contribution is 7.13. The molecule has 1 N–H and O–H groups in total. The third-order valence-electron chi connectivity index (χ3n) is 3.99. The van der Waals surface area contributed by atoms with Crippen molar-refractivity contribution < 1.29 is 9.32 Å². The first kappa shape index (κ1) is 15.9. The van der Waals surface area contributed by atoms with Gasteiger partial charge >= 0.3 is 0 Å². The lowest BCUT2D eigenvalue weighted by Gasteiger charge is -2.37. The van der Waals surface area contributed by atoms with E-state index in [4.69, 9.17) is 4.52 Å². The van der Waals surface area contributed by atoms with Gasteiger partial charge in [0.15, 0.2) is 5.13 Å². The van der Waals surface area contributed by atoms with E-state index in [2.05, 4.69) is 30.6 Å². The number of hydrogen-bond donors (Lipinski definition) is 1. The maximum atomic E-state index is 12.3. The molecule has 1 fully saturated rings. The fraction of sp³-hybridized carbons (Fsp3) is 0.533. The summed E-state index contributed by atoms with van der Waals surface area (Å²) in [6.07, 6.45) is 0. The van der Waals surface area contributed by atoms with Crippen LogP contribution >= 0.6 is 11.3 Å². The van der Waals surface area contributed by atoms with E-state index in [0.29, 0.717) is 5.88 Å².